The third-order valence-corrected chi connectivity index (χ3v) is 7.50. The zero-order chi connectivity index (χ0) is 22.8. The normalized spacial score (nSPS) is 15.6. The first-order chi connectivity index (χ1) is 16.2. The lowest BCUT2D eigenvalue weighted by molar-refractivity contribution is 0.414. The van der Waals surface area contributed by atoms with Crippen LogP contribution in [0.25, 0.3) is 15.9 Å². The van der Waals surface area contributed by atoms with E-state index in [9.17, 15) is 4.79 Å². The van der Waals surface area contributed by atoms with Gasteiger partial charge in [-0.2, -0.15) is 5.10 Å². The highest BCUT2D eigenvalue weighted by Gasteiger charge is 2.25. The van der Waals surface area contributed by atoms with Gasteiger partial charge in [0, 0.05) is 41.8 Å². The molecule has 0 aliphatic heterocycles. The topological polar surface area (TPSA) is 74.0 Å². The Morgan fingerprint density at radius 3 is 3.09 bits per heavy atom. The van der Waals surface area contributed by atoms with Gasteiger partial charge in [0.25, 0.3) is 5.56 Å². The van der Waals surface area contributed by atoms with Gasteiger partial charge in [0.15, 0.2) is 0 Å². The minimum atomic E-state index is 0.127. The van der Waals surface area contributed by atoms with E-state index in [2.05, 4.69) is 28.5 Å². The summed E-state index contributed by atoms with van der Waals surface area (Å²) in [5.41, 5.74) is 3.47. The monoisotopic (exact) mass is 463 g/mol. The van der Waals surface area contributed by atoms with E-state index in [1.807, 2.05) is 35.1 Å². The van der Waals surface area contributed by atoms with Crippen LogP contribution in [-0.2, 0) is 25.9 Å². The molecule has 1 atom stereocenters. The number of fused-ring (bicyclic) bond motifs is 3. The molecule has 5 rings (SSSR count). The predicted molar refractivity (Wildman–Crippen MR) is 132 cm³/mol. The molecule has 1 aromatic carbocycles. The van der Waals surface area contributed by atoms with Crippen molar-refractivity contribution in [2.24, 2.45) is 0 Å². The number of unbranched alkanes of at least 4 members (excludes halogenated alkanes) is 1. The lowest BCUT2D eigenvalue weighted by Gasteiger charge is -2.23. The van der Waals surface area contributed by atoms with E-state index in [4.69, 9.17) is 4.74 Å². The summed E-state index contributed by atoms with van der Waals surface area (Å²) in [6, 6.07) is 8.26. The molecular weight excluding hydrogens is 434 g/mol. The number of aryl methyl sites for hydroxylation is 2. The summed E-state index contributed by atoms with van der Waals surface area (Å²) >= 11 is 1.68. The highest BCUT2D eigenvalue weighted by atomic mass is 32.1. The fourth-order valence-electron chi connectivity index (χ4n) is 4.47. The number of hydrogen-bond donors (Lipinski definition) is 1. The molecule has 4 aromatic rings. The second kappa shape index (κ2) is 9.49. The predicted octanol–water partition coefficient (Wildman–Crippen LogP) is 4.10. The van der Waals surface area contributed by atoms with Crippen molar-refractivity contribution in [3.63, 3.8) is 0 Å². The Balaban J connectivity index is 1.27. The number of thiophene rings is 1. The van der Waals surface area contributed by atoms with E-state index in [1.54, 1.807) is 29.3 Å². The summed E-state index contributed by atoms with van der Waals surface area (Å²) in [6.07, 6.45) is 10.6. The van der Waals surface area contributed by atoms with Gasteiger partial charge in [-0.3, -0.25) is 9.36 Å². The zero-order valence-corrected chi connectivity index (χ0v) is 19.9. The van der Waals surface area contributed by atoms with Crippen molar-refractivity contribution in [1.82, 2.24) is 24.6 Å². The molecule has 33 heavy (non-hydrogen) atoms. The van der Waals surface area contributed by atoms with Crippen LogP contribution in [0, 0.1) is 0 Å². The molecule has 172 valence electrons. The molecule has 0 amide bonds. The van der Waals surface area contributed by atoms with Crippen molar-refractivity contribution < 1.29 is 4.74 Å². The van der Waals surface area contributed by atoms with E-state index in [1.165, 1.54) is 10.4 Å². The van der Waals surface area contributed by atoms with Gasteiger partial charge in [0.2, 0.25) is 0 Å². The number of rotatable bonds is 8. The maximum Gasteiger partial charge on any atom is 0.262 e. The van der Waals surface area contributed by atoms with E-state index >= 15 is 0 Å². The Morgan fingerprint density at radius 1 is 1.33 bits per heavy atom. The van der Waals surface area contributed by atoms with Crippen LogP contribution in [0.2, 0.25) is 0 Å². The number of benzene rings is 1. The number of methoxy groups -OCH3 is 1. The maximum atomic E-state index is 13.0. The number of hydrogen-bond acceptors (Lipinski definition) is 6. The van der Waals surface area contributed by atoms with Crippen molar-refractivity contribution in [1.29, 1.82) is 0 Å². The van der Waals surface area contributed by atoms with E-state index < -0.39 is 0 Å². The fraction of sp³-hybridized carbons (Fsp3) is 0.400. The van der Waals surface area contributed by atoms with Crippen LogP contribution in [0.3, 0.4) is 0 Å². The van der Waals surface area contributed by atoms with Crippen LogP contribution in [0.5, 0.6) is 5.75 Å². The van der Waals surface area contributed by atoms with E-state index in [0.29, 0.717) is 6.04 Å². The molecule has 0 saturated carbocycles. The largest absolute Gasteiger partial charge is 0.497 e. The molecule has 1 N–H and O–H groups in total. The zero-order valence-electron chi connectivity index (χ0n) is 19.1. The third kappa shape index (κ3) is 4.45. The first-order valence-electron chi connectivity index (χ1n) is 11.6. The average Bonchev–Trinajstić information content (AvgIpc) is 3.47. The number of nitrogens with zero attached hydrogens (tertiary/aromatic N) is 4. The van der Waals surface area contributed by atoms with Crippen molar-refractivity contribution in [2.45, 2.75) is 58.2 Å². The molecule has 0 bridgehead atoms. The quantitative estimate of drug-likeness (QED) is 0.426. The third-order valence-electron chi connectivity index (χ3n) is 6.34. The minimum absolute atomic E-state index is 0.127. The molecule has 0 saturated heterocycles. The van der Waals surface area contributed by atoms with Crippen LogP contribution in [0.1, 0.15) is 42.2 Å². The van der Waals surface area contributed by atoms with Crippen LogP contribution >= 0.6 is 11.3 Å². The lowest BCUT2D eigenvalue weighted by atomic mass is 9.93. The minimum Gasteiger partial charge on any atom is -0.497 e. The molecule has 1 aliphatic rings. The Morgan fingerprint density at radius 2 is 2.24 bits per heavy atom. The van der Waals surface area contributed by atoms with Crippen LogP contribution < -0.4 is 15.6 Å². The first-order valence-corrected chi connectivity index (χ1v) is 12.4. The van der Waals surface area contributed by atoms with E-state index in [0.717, 1.165) is 72.4 Å². The summed E-state index contributed by atoms with van der Waals surface area (Å²) in [5, 5.41) is 9.05. The standard InChI is InChI=1S/C25H29N5O2S/c1-3-4-10-29-16-27-24-23(25(29)31)21-9-8-18(11-22(21)33-24)26-13-17-14-28-30(15-17)19-6-5-7-20(12-19)32-2/h5-7,12,14-16,18,26H,3-4,8-11,13H2,1-2H3. The molecule has 0 fully saturated rings. The molecule has 1 unspecified atom stereocenters. The van der Waals surface area contributed by atoms with Crippen molar-refractivity contribution in [3.05, 3.63) is 69.3 Å². The van der Waals surface area contributed by atoms with Gasteiger partial charge in [-0.05, 0) is 43.4 Å². The maximum absolute atomic E-state index is 13.0. The second-order valence-corrected chi connectivity index (χ2v) is 9.68. The molecule has 3 aromatic heterocycles. The number of aromatic nitrogens is 4. The average molecular weight is 464 g/mol. The molecule has 8 heteroatoms. The van der Waals surface area contributed by atoms with Crippen LogP contribution in [0.15, 0.2) is 47.8 Å². The van der Waals surface area contributed by atoms with Gasteiger partial charge in [0.05, 0.1) is 30.7 Å². The lowest BCUT2D eigenvalue weighted by Crippen LogP contribution is -2.33. The molecule has 0 radical (unpaired) electrons. The van der Waals surface area contributed by atoms with Crippen LogP contribution in [0.4, 0.5) is 0 Å². The Labute approximate surface area is 197 Å². The second-order valence-electron chi connectivity index (χ2n) is 8.60. The Bertz CT molecular complexity index is 1320. The Kier molecular flexibility index (Phi) is 6.28. The Hall–Kier alpha value is -2.97. The molecule has 0 spiro atoms. The highest BCUT2D eigenvalue weighted by Crippen LogP contribution is 2.33. The molecule has 3 heterocycles. The summed E-state index contributed by atoms with van der Waals surface area (Å²) in [5.74, 6) is 0.815. The van der Waals surface area contributed by atoms with Gasteiger partial charge in [-0.1, -0.05) is 19.4 Å². The van der Waals surface area contributed by atoms with Gasteiger partial charge in [-0.25, -0.2) is 9.67 Å². The van der Waals surface area contributed by atoms with E-state index in [-0.39, 0.29) is 5.56 Å². The fourth-order valence-corrected chi connectivity index (χ4v) is 5.73. The summed E-state index contributed by atoms with van der Waals surface area (Å²) in [4.78, 5) is 19.8. The summed E-state index contributed by atoms with van der Waals surface area (Å²) in [6.45, 7) is 3.65. The van der Waals surface area contributed by atoms with Crippen molar-refractivity contribution >= 4 is 21.6 Å². The van der Waals surface area contributed by atoms with Gasteiger partial charge < -0.3 is 10.1 Å². The van der Waals surface area contributed by atoms with Gasteiger partial charge >= 0.3 is 0 Å². The molecule has 1 aliphatic carbocycles. The van der Waals surface area contributed by atoms with Crippen LogP contribution in [-0.4, -0.2) is 32.5 Å². The van der Waals surface area contributed by atoms with Gasteiger partial charge in [0.1, 0.15) is 10.6 Å². The summed E-state index contributed by atoms with van der Waals surface area (Å²) in [7, 11) is 1.67. The number of ether oxygens (including phenoxy) is 1. The number of nitrogens with one attached hydrogen (secondary N) is 1. The SMILES string of the molecule is CCCCn1cnc2sc3c(c2c1=O)CCC(NCc1cnn(-c2cccc(OC)c2)c1)C3. The van der Waals surface area contributed by atoms with Crippen molar-refractivity contribution in [2.75, 3.05) is 7.11 Å². The molecule has 7 nitrogen and oxygen atoms in total. The smallest absolute Gasteiger partial charge is 0.262 e. The first kappa shape index (κ1) is 21.9. The molecular formula is C25H29N5O2S. The van der Waals surface area contributed by atoms with Gasteiger partial charge in [-0.15, -0.1) is 11.3 Å². The summed E-state index contributed by atoms with van der Waals surface area (Å²) < 4.78 is 8.97. The highest BCUT2D eigenvalue weighted by molar-refractivity contribution is 7.18. The van der Waals surface area contributed by atoms with Crippen molar-refractivity contribution in [3.8, 4) is 11.4 Å².